The SMILES string of the molecule is CN1CCC(NCc2cccc([N+](=O)[O-])c2)CC1. The lowest BCUT2D eigenvalue weighted by Gasteiger charge is -2.29. The number of likely N-dealkylation sites (tertiary alicyclic amines) is 1. The van der Waals surface area contributed by atoms with Gasteiger partial charge in [0.15, 0.2) is 0 Å². The quantitative estimate of drug-likeness (QED) is 0.652. The molecule has 98 valence electrons. The van der Waals surface area contributed by atoms with Gasteiger partial charge in [0.25, 0.3) is 5.69 Å². The summed E-state index contributed by atoms with van der Waals surface area (Å²) in [5, 5.41) is 14.2. The van der Waals surface area contributed by atoms with E-state index < -0.39 is 0 Å². The molecule has 1 aliphatic heterocycles. The second-order valence-electron chi connectivity index (χ2n) is 4.89. The zero-order chi connectivity index (χ0) is 13.0. The average molecular weight is 249 g/mol. The number of rotatable bonds is 4. The van der Waals surface area contributed by atoms with Gasteiger partial charge in [-0.25, -0.2) is 0 Å². The zero-order valence-electron chi connectivity index (χ0n) is 10.6. The number of nitrogens with one attached hydrogen (secondary N) is 1. The van der Waals surface area contributed by atoms with Gasteiger partial charge in [0.05, 0.1) is 4.92 Å². The van der Waals surface area contributed by atoms with E-state index in [9.17, 15) is 10.1 Å². The predicted molar refractivity (Wildman–Crippen MR) is 70.5 cm³/mol. The van der Waals surface area contributed by atoms with Crippen LogP contribution in [0.1, 0.15) is 18.4 Å². The van der Waals surface area contributed by atoms with E-state index in [1.54, 1.807) is 12.1 Å². The Bertz CT molecular complexity index is 414. The Morgan fingerprint density at radius 1 is 1.44 bits per heavy atom. The molecule has 0 aliphatic carbocycles. The van der Waals surface area contributed by atoms with E-state index in [0.29, 0.717) is 12.6 Å². The summed E-state index contributed by atoms with van der Waals surface area (Å²) in [6.07, 6.45) is 2.29. The summed E-state index contributed by atoms with van der Waals surface area (Å²) in [5.74, 6) is 0. The van der Waals surface area contributed by atoms with E-state index in [0.717, 1.165) is 31.5 Å². The summed E-state index contributed by atoms with van der Waals surface area (Å²) in [5.41, 5.74) is 1.14. The highest BCUT2D eigenvalue weighted by molar-refractivity contribution is 5.34. The molecule has 0 radical (unpaired) electrons. The summed E-state index contributed by atoms with van der Waals surface area (Å²) < 4.78 is 0. The number of piperidine rings is 1. The van der Waals surface area contributed by atoms with Crippen LogP contribution in [0.2, 0.25) is 0 Å². The molecule has 1 fully saturated rings. The molecule has 18 heavy (non-hydrogen) atoms. The topological polar surface area (TPSA) is 58.4 Å². The number of hydrogen-bond donors (Lipinski definition) is 1. The Balaban J connectivity index is 1.86. The first-order chi connectivity index (χ1) is 8.65. The van der Waals surface area contributed by atoms with Crippen molar-refractivity contribution < 1.29 is 4.92 Å². The van der Waals surface area contributed by atoms with Gasteiger partial charge in [0.1, 0.15) is 0 Å². The van der Waals surface area contributed by atoms with Crippen molar-refractivity contribution in [3.05, 3.63) is 39.9 Å². The standard InChI is InChI=1S/C13H19N3O2/c1-15-7-5-12(6-8-15)14-10-11-3-2-4-13(9-11)16(17)18/h2-4,9,12,14H,5-8,10H2,1H3. The summed E-state index contributed by atoms with van der Waals surface area (Å²) in [6.45, 7) is 2.94. The molecule has 1 aliphatic rings. The van der Waals surface area contributed by atoms with Crippen LogP contribution in [0.4, 0.5) is 5.69 Å². The van der Waals surface area contributed by atoms with E-state index in [-0.39, 0.29) is 10.6 Å². The Labute approximate surface area is 107 Å². The summed E-state index contributed by atoms with van der Waals surface area (Å²) in [6, 6.07) is 7.36. The van der Waals surface area contributed by atoms with Crippen LogP contribution in [-0.2, 0) is 6.54 Å². The molecule has 0 amide bonds. The average Bonchev–Trinajstić information content (AvgIpc) is 2.38. The summed E-state index contributed by atoms with van der Waals surface area (Å²) in [7, 11) is 2.14. The molecule has 5 heteroatoms. The van der Waals surface area contributed by atoms with Crippen LogP contribution in [0.25, 0.3) is 0 Å². The van der Waals surface area contributed by atoms with Gasteiger partial charge in [-0.3, -0.25) is 10.1 Å². The van der Waals surface area contributed by atoms with Crippen LogP contribution in [0.5, 0.6) is 0 Å². The number of benzene rings is 1. The third-order valence-electron chi connectivity index (χ3n) is 3.43. The van der Waals surface area contributed by atoms with Crippen LogP contribution in [0.3, 0.4) is 0 Å². The van der Waals surface area contributed by atoms with Crippen molar-refractivity contribution >= 4 is 5.69 Å². The van der Waals surface area contributed by atoms with Crippen molar-refractivity contribution in [1.82, 2.24) is 10.2 Å². The molecular formula is C13H19N3O2. The molecule has 1 heterocycles. The van der Waals surface area contributed by atoms with Gasteiger partial charge in [0.2, 0.25) is 0 Å². The Morgan fingerprint density at radius 3 is 2.83 bits per heavy atom. The molecule has 0 atom stereocenters. The molecule has 0 aromatic heterocycles. The Hall–Kier alpha value is -1.46. The molecular weight excluding hydrogens is 230 g/mol. The number of nitrogens with zero attached hydrogens (tertiary/aromatic N) is 2. The monoisotopic (exact) mass is 249 g/mol. The van der Waals surface area contributed by atoms with E-state index in [1.807, 2.05) is 6.07 Å². The lowest BCUT2D eigenvalue weighted by Crippen LogP contribution is -2.40. The van der Waals surface area contributed by atoms with Crippen molar-refractivity contribution in [3.63, 3.8) is 0 Å². The molecule has 0 unspecified atom stereocenters. The maximum atomic E-state index is 10.7. The molecule has 0 spiro atoms. The van der Waals surface area contributed by atoms with Crippen molar-refractivity contribution in [1.29, 1.82) is 0 Å². The lowest BCUT2D eigenvalue weighted by atomic mass is 10.1. The maximum Gasteiger partial charge on any atom is 0.269 e. The van der Waals surface area contributed by atoms with Gasteiger partial charge in [-0.1, -0.05) is 12.1 Å². The van der Waals surface area contributed by atoms with Gasteiger partial charge in [-0.15, -0.1) is 0 Å². The molecule has 1 aromatic carbocycles. The normalized spacial score (nSPS) is 17.8. The van der Waals surface area contributed by atoms with Crippen LogP contribution < -0.4 is 5.32 Å². The van der Waals surface area contributed by atoms with Crippen molar-refractivity contribution in [2.24, 2.45) is 0 Å². The highest BCUT2D eigenvalue weighted by Gasteiger charge is 2.16. The minimum atomic E-state index is -0.348. The van der Waals surface area contributed by atoms with E-state index in [1.165, 1.54) is 6.07 Å². The highest BCUT2D eigenvalue weighted by atomic mass is 16.6. The van der Waals surface area contributed by atoms with E-state index in [2.05, 4.69) is 17.3 Å². The number of non-ortho nitro benzene ring substituents is 1. The number of nitro groups is 1. The zero-order valence-corrected chi connectivity index (χ0v) is 10.6. The fraction of sp³-hybridized carbons (Fsp3) is 0.538. The third kappa shape index (κ3) is 3.51. The van der Waals surface area contributed by atoms with E-state index >= 15 is 0 Å². The number of nitro benzene ring substituents is 1. The van der Waals surface area contributed by atoms with Crippen LogP contribution in [0, 0.1) is 10.1 Å². The lowest BCUT2D eigenvalue weighted by molar-refractivity contribution is -0.384. The fourth-order valence-electron chi connectivity index (χ4n) is 2.25. The molecule has 1 aromatic rings. The molecule has 1 N–H and O–H groups in total. The van der Waals surface area contributed by atoms with Crippen LogP contribution >= 0.6 is 0 Å². The first-order valence-corrected chi connectivity index (χ1v) is 6.30. The van der Waals surface area contributed by atoms with Gasteiger partial charge < -0.3 is 10.2 Å². The summed E-state index contributed by atoms with van der Waals surface area (Å²) >= 11 is 0. The summed E-state index contributed by atoms with van der Waals surface area (Å²) in [4.78, 5) is 12.7. The fourth-order valence-corrected chi connectivity index (χ4v) is 2.25. The Morgan fingerprint density at radius 2 is 2.17 bits per heavy atom. The highest BCUT2D eigenvalue weighted by Crippen LogP contribution is 2.14. The van der Waals surface area contributed by atoms with E-state index in [4.69, 9.17) is 0 Å². The second-order valence-corrected chi connectivity index (χ2v) is 4.89. The molecule has 1 saturated heterocycles. The van der Waals surface area contributed by atoms with Crippen LogP contribution in [-0.4, -0.2) is 36.0 Å². The van der Waals surface area contributed by atoms with Crippen LogP contribution in [0.15, 0.2) is 24.3 Å². The molecule has 0 saturated carbocycles. The van der Waals surface area contributed by atoms with Gasteiger partial charge in [-0.2, -0.15) is 0 Å². The van der Waals surface area contributed by atoms with Crippen molar-refractivity contribution in [2.45, 2.75) is 25.4 Å². The predicted octanol–water partition coefficient (Wildman–Crippen LogP) is 1.78. The third-order valence-corrected chi connectivity index (χ3v) is 3.43. The van der Waals surface area contributed by atoms with Gasteiger partial charge in [0, 0.05) is 24.7 Å². The minimum absolute atomic E-state index is 0.165. The molecule has 5 nitrogen and oxygen atoms in total. The first kappa shape index (κ1) is 13.0. The first-order valence-electron chi connectivity index (χ1n) is 6.30. The maximum absolute atomic E-state index is 10.7. The Kier molecular flexibility index (Phi) is 4.28. The largest absolute Gasteiger partial charge is 0.310 e. The molecule has 0 bridgehead atoms. The second kappa shape index (κ2) is 5.93. The number of hydrogen-bond acceptors (Lipinski definition) is 4. The minimum Gasteiger partial charge on any atom is -0.310 e. The smallest absolute Gasteiger partial charge is 0.269 e. The van der Waals surface area contributed by atoms with Gasteiger partial charge in [-0.05, 0) is 38.5 Å². The van der Waals surface area contributed by atoms with Gasteiger partial charge >= 0.3 is 0 Å². The van der Waals surface area contributed by atoms with Crippen molar-refractivity contribution in [2.75, 3.05) is 20.1 Å². The van der Waals surface area contributed by atoms with Crippen molar-refractivity contribution in [3.8, 4) is 0 Å². The molecule has 2 rings (SSSR count).